The van der Waals surface area contributed by atoms with E-state index in [1.807, 2.05) is 6.07 Å². The van der Waals surface area contributed by atoms with Crippen LogP contribution in [0.4, 0.5) is 0 Å². The molecule has 0 radical (unpaired) electrons. The molecule has 1 aromatic rings. The van der Waals surface area contributed by atoms with Crippen LogP contribution in [0.15, 0.2) is 24.3 Å². The molecule has 0 bridgehead atoms. The fourth-order valence-electron chi connectivity index (χ4n) is 2.31. The molecule has 18 heavy (non-hydrogen) atoms. The molecule has 1 fully saturated rings. The normalized spacial score (nSPS) is 16.3. The minimum Gasteiger partial charge on any atom is -0.396 e. The van der Waals surface area contributed by atoms with Crippen LogP contribution in [0.1, 0.15) is 43.1 Å². The highest BCUT2D eigenvalue weighted by molar-refractivity contribution is 5.28. The van der Waals surface area contributed by atoms with Crippen molar-refractivity contribution in [2.24, 2.45) is 0 Å². The van der Waals surface area contributed by atoms with Gasteiger partial charge in [0.15, 0.2) is 6.29 Å². The Labute approximate surface area is 109 Å². The lowest BCUT2D eigenvalue weighted by molar-refractivity contribution is -0.0447. The second-order valence-electron chi connectivity index (χ2n) is 4.66. The molecule has 0 saturated carbocycles. The monoisotopic (exact) mass is 250 g/mol. The summed E-state index contributed by atoms with van der Waals surface area (Å²) < 4.78 is 11.1. The molecule has 0 atom stereocenters. The summed E-state index contributed by atoms with van der Waals surface area (Å²) in [4.78, 5) is 0. The Hall–Kier alpha value is -0.900. The van der Waals surface area contributed by atoms with Crippen molar-refractivity contribution in [3.05, 3.63) is 35.4 Å². The van der Waals surface area contributed by atoms with Gasteiger partial charge < -0.3 is 14.6 Å². The van der Waals surface area contributed by atoms with Crippen LogP contribution in [-0.4, -0.2) is 24.9 Å². The van der Waals surface area contributed by atoms with Gasteiger partial charge in [-0.05, 0) is 24.8 Å². The van der Waals surface area contributed by atoms with Crippen molar-refractivity contribution >= 4 is 0 Å². The third-order valence-electron chi connectivity index (χ3n) is 3.29. The van der Waals surface area contributed by atoms with E-state index in [9.17, 15) is 0 Å². The Morgan fingerprint density at radius 3 is 2.50 bits per heavy atom. The van der Waals surface area contributed by atoms with Crippen LogP contribution in [-0.2, 0) is 15.9 Å². The van der Waals surface area contributed by atoms with Crippen molar-refractivity contribution in [3.8, 4) is 0 Å². The first-order valence-corrected chi connectivity index (χ1v) is 6.83. The van der Waals surface area contributed by atoms with Gasteiger partial charge in [-0.2, -0.15) is 0 Å². The predicted octanol–water partition coefficient (Wildman–Crippen LogP) is 2.83. The minimum absolute atomic E-state index is 0.168. The first-order valence-electron chi connectivity index (χ1n) is 6.83. The van der Waals surface area contributed by atoms with Crippen LogP contribution in [0, 0.1) is 0 Å². The maximum Gasteiger partial charge on any atom is 0.184 e. The molecule has 2 rings (SSSR count). The fraction of sp³-hybridized carbons (Fsp3) is 0.600. The van der Waals surface area contributed by atoms with E-state index < -0.39 is 0 Å². The van der Waals surface area contributed by atoms with Crippen molar-refractivity contribution in [3.63, 3.8) is 0 Å². The van der Waals surface area contributed by atoms with Gasteiger partial charge in [0, 0.05) is 12.2 Å². The van der Waals surface area contributed by atoms with E-state index in [0.29, 0.717) is 19.8 Å². The highest BCUT2D eigenvalue weighted by Gasteiger charge is 2.20. The zero-order chi connectivity index (χ0) is 12.6. The summed E-state index contributed by atoms with van der Waals surface area (Å²) in [6.07, 6.45) is 5.24. The molecule has 3 heteroatoms. The van der Waals surface area contributed by atoms with E-state index in [1.54, 1.807) is 0 Å². The van der Waals surface area contributed by atoms with Gasteiger partial charge in [0.05, 0.1) is 13.2 Å². The second-order valence-corrected chi connectivity index (χ2v) is 4.66. The summed E-state index contributed by atoms with van der Waals surface area (Å²) in [5, 5.41) is 8.74. The first-order chi connectivity index (χ1) is 8.92. The van der Waals surface area contributed by atoms with Gasteiger partial charge in [0.2, 0.25) is 0 Å². The lowest BCUT2D eigenvalue weighted by Gasteiger charge is -2.14. The lowest BCUT2D eigenvalue weighted by atomic mass is 10.0. The van der Waals surface area contributed by atoms with Crippen molar-refractivity contribution in [2.45, 2.75) is 38.4 Å². The summed E-state index contributed by atoms with van der Waals surface area (Å²) >= 11 is 0. The van der Waals surface area contributed by atoms with Crippen LogP contribution < -0.4 is 0 Å². The highest BCUT2D eigenvalue weighted by Crippen LogP contribution is 2.27. The molecule has 0 amide bonds. The van der Waals surface area contributed by atoms with Crippen molar-refractivity contribution in [2.75, 3.05) is 19.8 Å². The molecule has 1 aliphatic heterocycles. The molecule has 3 nitrogen and oxygen atoms in total. The second kappa shape index (κ2) is 7.52. The number of rotatable bonds is 7. The van der Waals surface area contributed by atoms with Crippen LogP contribution in [0.2, 0.25) is 0 Å². The molecule has 1 aliphatic rings. The van der Waals surface area contributed by atoms with Crippen molar-refractivity contribution in [1.82, 2.24) is 0 Å². The number of hydrogen-bond donors (Lipinski definition) is 1. The zero-order valence-electron chi connectivity index (χ0n) is 10.8. The Kier molecular flexibility index (Phi) is 5.65. The fourth-order valence-corrected chi connectivity index (χ4v) is 2.31. The predicted molar refractivity (Wildman–Crippen MR) is 70.3 cm³/mol. The van der Waals surface area contributed by atoms with Crippen LogP contribution >= 0.6 is 0 Å². The molecule has 0 spiro atoms. The Morgan fingerprint density at radius 2 is 1.72 bits per heavy atom. The molecule has 1 N–H and O–H groups in total. The molecular weight excluding hydrogens is 228 g/mol. The molecule has 100 valence electrons. The molecule has 1 aromatic carbocycles. The standard InChI is InChI=1S/C15H22O3/c16-10-6-2-1-3-7-13-8-4-5-9-14(13)15-17-11-12-18-15/h4-5,8-9,15-16H,1-3,6-7,10-12H2. The number of aliphatic hydroxyl groups excluding tert-OH is 1. The van der Waals surface area contributed by atoms with Gasteiger partial charge in [-0.25, -0.2) is 0 Å². The van der Waals surface area contributed by atoms with Crippen LogP contribution in [0.25, 0.3) is 0 Å². The summed E-state index contributed by atoms with van der Waals surface area (Å²) in [5.74, 6) is 0. The van der Waals surface area contributed by atoms with E-state index in [-0.39, 0.29) is 6.29 Å². The number of hydrogen-bond acceptors (Lipinski definition) is 3. The van der Waals surface area contributed by atoms with E-state index in [0.717, 1.165) is 25.7 Å². The maximum absolute atomic E-state index is 8.74. The number of aryl methyl sites for hydroxylation is 1. The average Bonchev–Trinajstić information content (AvgIpc) is 2.93. The lowest BCUT2D eigenvalue weighted by Crippen LogP contribution is -2.03. The van der Waals surface area contributed by atoms with E-state index in [2.05, 4.69) is 18.2 Å². The Balaban J connectivity index is 1.86. The summed E-state index contributed by atoms with van der Waals surface area (Å²) in [7, 11) is 0. The van der Waals surface area contributed by atoms with Gasteiger partial charge in [0.1, 0.15) is 0 Å². The van der Waals surface area contributed by atoms with Crippen LogP contribution in [0.5, 0.6) is 0 Å². The third kappa shape index (κ3) is 3.80. The number of ether oxygens (including phenoxy) is 2. The summed E-state index contributed by atoms with van der Waals surface area (Å²) in [6.45, 7) is 1.69. The summed E-state index contributed by atoms with van der Waals surface area (Å²) in [6, 6.07) is 8.36. The molecule has 0 aromatic heterocycles. The maximum atomic E-state index is 8.74. The number of aliphatic hydroxyl groups is 1. The van der Waals surface area contributed by atoms with Gasteiger partial charge >= 0.3 is 0 Å². The molecule has 1 saturated heterocycles. The summed E-state index contributed by atoms with van der Waals surface area (Å²) in [5.41, 5.74) is 2.51. The van der Waals surface area contributed by atoms with E-state index in [1.165, 1.54) is 17.5 Å². The smallest absolute Gasteiger partial charge is 0.184 e. The van der Waals surface area contributed by atoms with Gasteiger partial charge in [0.25, 0.3) is 0 Å². The molecule has 0 aliphatic carbocycles. The Bertz CT molecular complexity index is 345. The Morgan fingerprint density at radius 1 is 1.00 bits per heavy atom. The quantitative estimate of drug-likeness (QED) is 0.756. The minimum atomic E-state index is -0.168. The van der Waals surface area contributed by atoms with Gasteiger partial charge in [-0.1, -0.05) is 37.1 Å². The topological polar surface area (TPSA) is 38.7 Å². The number of benzene rings is 1. The zero-order valence-corrected chi connectivity index (χ0v) is 10.8. The van der Waals surface area contributed by atoms with Gasteiger partial charge in [-0.3, -0.25) is 0 Å². The highest BCUT2D eigenvalue weighted by atomic mass is 16.7. The SMILES string of the molecule is OCCCCCCc1ccccc1C1OCCO1. The average molecular weight is 250 g/mol. The molecule has 0 unspecified atom stereocenters. The van der Waals surface area contributed by atoms with Gasteiger partial charge in [-0.15, -0.1) is 0 Å². The van der Waals surface area contributed by atoms with Crippen LogP contribution in [0.3, 0.4) is 0 Å². The largest absolute Gasteiger partial charge is 0.396 e. The molecular formula is C15H22O3. The first kappa shape index (κ1) is 13.5. The number of unbranched alkanes of at least 4 members (excludes halogenated alkanes) is 3. The van der Waals surface area contributed by atoms with E-state index >= 15 is 0 Å². The van der Waals surface area contributed by atoms with Crippen molar-refractivity contribution in [1.29, 1.82) is 0 Å². The molecule has 1 heterocycles. The van der Waals surface area contributed by atoms with E-state index in [4.69, 9.17) is 14.6 Å². The third-order valence-corrected chi connectivity index (χ3v) is 3.29. The van der Waals surface area contributed by atoms with Crippen molar-refractivity contribution < 1.29 is 14.6 Å².